The van der Waals surface area contributed by atoms with Crippen LogP contribution in [0.25, 0.3) is 10.6 Å². The van der Waals surface area contributed by atoms with Gasteiger partial charge in [0.2, 0.25) is 10.0 Å². The summed E-state index contributed by atoms with van der Waals surface area (Å²) >= 11 is 7.50. The Kier molecular flexibility index (Phi) is 7.16. The SMILES string of the molecule is COC(=O)c1cc(S(=O)(=O)NCCc2nc(-c3ccc(Cl)cc3)sc2C)cc(C)c1C. The van der Waals surface area contributed by atoms with Crippen LogP contribution in [0.3, 0.4) is 0 Å². The lowest BCUT2D eigenvalue weighted by Gasteiger charge is -2.12. The van der Waals surface area contributed by atoms with E-state index in [1.165, 1.54) is 13.2 Å². The van der Waals surface area contributed by atoms with Crippen molar-refractivity contribution >= 4 is 38.9 Å². The fourth-order valence-electron chi connectivity index (χ4n) is 3.07. The number of nitrogens with one attached hydrogen (secondary N) is 1. The average molecular weight is 479 g/mol. The Morgan fingerprint density at radius 1 is 1.16 bits per heavy atom. The number of methoxy groups -OCH3 is 1. The summed E-state index contributed by atoms with van der Waals surface area (Å²) in [6.07, 6.45) is 0.448. The van der Waals surface area contributed by atoms with Crippen LogP contribution in [0.15, 0.2) is 41.3 Å². The number of aromatic nitrogens is 1. The van der Waals surface area contributed by atoms with E-state index in [9.17, 15) is 13.2 Å². The predicted octanol–water partition coefficient (Wildman–Crippen LogP) is 4.70. The van der Waals surface area contributed by atoms with Crippen molar-refractivity contribution in [3.8, 4) is 10.6 Å². The molecule has 31 heavy (non-hydrogen) atoms. The molecule has 0 atom stereocenters. The van der Waals surface area contributed by atoms with Crippen LogP contribution >= 0.6 is 22.9 Å². The summed E-state index contributed by atoms with van der Waals surface area (Å²) in [4.78, 5) is 17.7. The number of hydrogen-bond acceptors (Lipinski definition) is 6. The maximum atomic E-state index is 12.8. The number of hydrogen-bond donors (Lipinski definition) is 1. The topological polar surface area (TPSA) is 85.4 Å². The first kappa shape index (κ1) is 23.4. The summed E-state index contributed by atoms with van der Waals surface area (Å²) in [5.41, 5.74) is 3.44. The van der Waals surface area contributed by atoms with Crippen molar-refractivity contribution in [2.24, 2.45) is 0 Å². The lowest BCUT2D eigenvalue weighted by atomic mass is 10.0. The van der Waals surface area contributed by atoms with Gasteiger partial charge in [-0.05, 0) is 56.2 Å². The standard InChI is InChI=1S/C22H23ClN2O4S2/c1-13-11-18(12-19(14(13)2)22(26)29-4)31(27,28)24-10-9-20-15(3)30-21(25-20)16-5-7-17(23)8-6-16/h5-8,11-12,24H,9-10H2,1-4H3. The quantitative estimate of drug-likeness (QED) is 0.497. The van der Waals surface area contributed by atoms with Crippen molar-refractivity contribution in [2.75, 3.05) is 13.7 Å². The van der Waals surface area contributed by atoms with Gasteiger partial charge < -0.3 is 4.74 Å². The number of benzene rings is 2. The molecule has 6 nitrogen and oxygen atoms in total. The number of halogens is 1. The van der Waals surface area contributed by atoms with Crippen molar-refractivity contribution < 1.29 is 17.9 Å². The Bertz CT molecular complexity index is 1220. The van der Waals surface area contributed by atoms with Gasteiger partial charge >= 0.3 is 5.97 Å². The third-order valence-electron chi connectivity index (χ3n) is 4.99. The Morgan fingerprint density at radius 2 is 1.84 bits per heavy atom. The van der Waals surface area contributed by atoms with Gasteiger partial charge in [-0.3, -0.25) is 0 Å². The molecule has 0 amide bonds. The fourth-order valence-corrected chi connectivity index (χ4v) is 5.30. The number of ether oxygens (including phenoxy) is 1. The molecule has 0 fully saturated rings. The van der Waals surface area contributed by atoms with Crippen LogP contribution in [0.1, 0.15) is 32.1 Å². The summed E-state index contributed by atoms with van der Waals surface area (Å²) < 4.78 is 33.0. The van der Waals surface area contributed by atoms with Crippen LogP contribution < -0.4 is 4.72 Å². The number of carbonyl (C=O) groups excluding carboxylic acids is 1. The first-order chi connectivity index (χ1) is 14.6. The molecule has 0 unspecified atom stereocenters. The molecule has 0 saturated heterocycles. The lowest BCUT2D eigenvalue weighted by Crippen LogP contribution is -2.26. The van der Waals surface area contributed by atoms with Gasteiger partial charge in [0.15, 0.2) is 0 Å². The largest absolute Gasteiger partial charge is 0.465 e. The van der Waals surface area contributed by atoms with E-state index in [1.54, 1.807) is 31.3 Å². The highest BCUT2D eigenvalue weighted by molar-refractivity contribution is 7.89. The predicted molar refractivity (Wildman–Crippen MR) is 123 cm³/mol. The summed E-state index contributed by atoms with van der Waals surface area (Å²) in [5.74, 6) is -0.564. The van der Waals surface area contributed by atoms with Crippen LogP contribution in [-0.2, 0) is 21.2 Å². The smallest absolute Gasteiger partial charge is 0.338 e. The second kappa shape index (κ2) is 9.48. The van der Waals surface area contributed by atoms with Gasteiger partial charge in [-0.2, -0.15) is 0 Å². The summed E-state index contributed by atoms with van der Waals surface area (Å²) in [6.45, 7) is 5.67. The van der Waals surface area contributed by atoms with Gasteiger partial charge in [-0.15, -0.1) is 11.3 Å². The lowest BCUT2D eigenvalue weighted by molar-refractivity contribution is 0.0599. The summed E-state index contributed by atoms with van der Waals surface area (Å²) in [6, 6.07) is 10.3. The van der Waals surface area contributed by atoms with Crippen molar-refractivity contribution in [3.05, 3.63) is 68.7 Å². The van der Waals surface area contributed by atoms with E-state index in [-0.39, 0.29) is 17.0 Å². The van der Waals surface area contributed by atoms with E-state index >= 15 is 0 Å². The first-order valence-electron chi connectivity index (χ1n) is 9.54. The Balaban J connectivity index is 1.74. The van der Waals surface area contributed by atoms with Crippen LogP contribution in [0, 0.1) is 20.8 Å². The molecule has 0 aliphatic carbocycles. The van der Waals surface area contributed by atoms with E-state index in [2.05, 4.69) is 9.71 Å². The second-order valence-corrected chi connectivity index (χ2v) is 10.5. The highest BCUT2D eigenvalue weighted by atomic mass is 35.5. The number of aryl methyl sites for hydroxylation is 2. The van der Waals surface area contributed by atoms with Gasteiger partial charge in [0, 0.05) is 28.4 Å². The van der Waals surface area contributed by atoms with E-state index in [4.69, 9.17) is 16.3 Å². The maximum absolute atomic E-state index is 12.8. The minimum absolute atomic E-state index is 0.0350. The molecule has 2 aromatic carbocycles. The molecule has 0 aliphatic rings. The molecule has 1 aromatic heterocycles. The molecule has 1 N–H and O–H groups in total. The molecule has 3 rings (SSSR count). The van der Waals surface area contributed by atoms with Gasteiger partial charge in [-0.25, -0.2) is 22.9 Å². The molecule has 0 saturated carbocycles. The van der Waals surface area contributed by atoms with Crippen LogP contribution in [0.4, 0.5) is 0 Å². The first-order valence-corrected chi connectivity index (χ1v) is 12.2. The Labute approximate surface area is 191 Å². The Morgan fingerprint density at radius 3 is 2.48 bits per heavy atom. The van der Waals surface area contributed by atoms with Gasteiger partial charge in [-0.1, -0.05) is 23.7 Å². The number of carbonyl (C=O) groups is 1. The summed E-state index contributed by atoms with van der Waals surface area (Å²) in [7, 11) is -2.52. The molecule has 1 heterocycles. The van der Waals surface area contributed by atoms with Crippen molar-refractivity contribution in [2.45, 2.75) is 32.1 Å². The molecule has 0 radical (unpaired) electrons. The normalized spacial score (nSPS) is 11.5. The fraction of sp³-hybridized carbons (Fsp3) is 0.273. The van der Waals surface area contributed by atoms with E-state index in [0.717, 1.165) is 21.1 Å². The molecular weight excluding hydrogens is 456 g/mol. The third kappa shape index (κ3) is 5.33. The zero-order chi connectivity index (χ0) is 22.8. The molecule has 0 bridgehead atoms. The van der Waals surface area contributed by atoms with E-state index in [1.807, 2.05) is 31.2 Å². The van der Waals surface area contributed by atoms with E-state index in [0.29, 0.717) is 22.6 Å². The number of esters is 1. The maximum Gasteiger partial charge on any atom is 0.338 e. The molecule has 0 aliphatic heterocycles. The molecule has 9 heteroatoms. The van der Waals surface area contributed by atoms with Gasteiger partial charge in [0.1, 0.15) is 5.01 Å². The highest BCUT2D eigenvalue weighted by Gasteiger charge is 2.20. The molecule has 164 valence electrons. The minimum atomic E-state index is -3.79. The third-order valence-corrected chi connectivity index (χ3v) is 7.75. The average Bonchev–Trinajstić information content (AvgIpc) is 3.10. The van der Waals surface area contributed by atoms with Gasteiger partial charge in [0.05, 0.1) is 23.3 Å². The second-order valence-electron chi connectivity index (χ2n) is 7.08. The highest BCUT2D eigenvalue weighted by Crippen LogP contribution is 2.29. The monoisotopic (exact) mass is 478 g/mol. The van der Waals surface area contributed by atoms with Gasteiger partial charge in [0.25, 0.3) is 0 Å². The van der Waals surface area contributed by atoms with Crippen LogP contribution in [-0.4, -0.2) is 33.0 Å². The van der Waals surface area contributed by atoms with E-state index < -0.39 is 16.0 Å². The number of rotatable bonds is 7. The molecular formula is C22H23ClN2O4S2. The Hall–Kier alpha value is -2.26. The molecule has 3 aromatic rings. The van der Waals surface area contributed by atoms with Crippen molar-refractivity contribution in [1.29, 1.82) is 0 Å². The number of sulfonamides is 1. The van der Waals surface area contributed by atoms with Crippen molar-refractivity contribution in [1.82, 2.24) is 9.71 Å². The van der Waals surface area contributed by atoms with Crippen LogP contribution in [0.5, 0.6) is 0 Å². The number of thiazole rings is 1. The molecule has 0 spiro atoms. The van der Waals surface area contributed by atoms with Crippen LogP contribution in [0.2, 0.25) is 5.02 Å². The zero-order valence-electron chi connectivity index (χ0n) is 17.7. The minimum Gasteiger partial charge on any atom is -0.465 e. The van der Waals surface area contributed by atoms with Crippen molar-refractivity contribution in [3.63, 3.8) is 0 Å². The summed E-state index contributed by atoms with van der Waals surface area (Å²) in [5, 5.41) is 1.53. The number of nitrogens with zero attached hydrogens (tertiary/aromatic N) is 1. The zero-order valence-corrected chi connectivity index (χ0v) is 20.0.